The zero-order valence-corrected chi connectivity index (χ0v) is 14.6. The Morgan fingerprint density at radius 1 is 1.29 bits per heavy atom. The Hall–Kier alpha value is -2.11. The van der Waals surface area contributed by atoms with Crippen molar-refractivity contribution in [2.45, 2.75) is 45.1 Å². The zero-order chi connectivity index (χ0) is 17.9. The molecule has 1 aromatic carbocycles. The maximum Gasteiger partial charge on any atom is 0.410 e. The van der Waals surface area contributed by atoms with E-state index in [1.165, 1.54) is 19.2 Å². The van der Waals surface area contributed by atoms with Gasteiger partial charge < -0.3 is 14.4 Å². The molecule has 0 spiro atoms. The van der Waals surface area contributed by atoms with Crippen molar-refractivity contribution in [1.82, 2.24) is 4.90 Å². The van der Waals surface area contributed by atoms with Crippen LogP contribution in [0.2, 0.25) is 0 Å². The van der Waals surface area contributed by atoms with Gasteiger partial charge in [0.15, 0.2) is 0 Å². The first-order valence-electron chi connectivity index (χ1n) is 8.07. The monoisotopic (exact) mass is 337 g/mol. The van der Waals surface area contributed by atoms with Gasteiger partial charge in [-0.1, -0.05) is 6.07 Å². The Bertz CT molecular complexity index is 624. The van der Waals surface area contributed by atoms with Gasteiger partial charge in [0, 0.05) is 19.0 Å². The van der Waals surface area contributed by atoms with Crippen LogP contribution < -0.4 is 0 Å². The van der Waals surface area contributed by atoms with E-state index < -0.39 is 17.4 Å². The van der Waals surface area contributed by atoms with E-state index in [2.05, 4.69) is 4.74 Å². The topological polar surface area (TPSA) is 55.8 Å². The summed E-state index contributed by atoms with van der Waals surface area (Å²) in [6.07, 6.45) is 1.33. The average molecular weight is 337 g/mol. The number of halogens is 1. The molecule has 2 rings (SSSR count). The summed E-state index contributed by atoms with van der Waals surface area (Å²) in [7, 11) is 1.22. The molecular weight excluding hydrogens is 313 g/mol. The third kappa shape index (κ3) is 4.46. The maximum absolute atomic E-state index is 14.1. The lowest BCUT2D eigenvalue weighted by Gasteiger charge is -2.34. The number of ether oxygens (including phenoxy) is 2. The smallest absolute Gasteiger partial charge is 0.410 e. The summed E-state index contributed by atoms with van der Waals surface area (Å²) >= 11 is 0. The number of methoxy groups -OCH3 is 1. The summed E-state index contributed by atoms with van der Waals surface area (Å²) in [5.74, 6) is -1.28. The van der Waals surface area contributed by atoms with Crippen LogP contribution in [0.5, 0.6) is 0 Å². The quantitative estimate of drug-likeness (QED) is 0.772. The van der Waals surface area contributed by atoms with Crippen LogP contribution in [0.3, 0.4) is 0 Å². The van der Waals surface area contributed by atoms with E-state index in [1.54, 1.807) is 11.0 Å². The molecule has 0 radical (unpaired) electrons. The van der Waals surface area contributed by atoms with Crippen LogP contribution in [0.15, 0.2) is 18.2 Å². The SMILES string of the molecule is COC(=O)c1ccc(C2CCCN(C(=O)OC(C)(C)C)C2)cc1F. The van der Waals surface area contributed by atoms with E-state index in [9.17, 15) is 14.0 Å². The lowest BCUT2D eigenvalue weighted by Crippen LogP contribution is -2.42. The van der Waals surface area contributed by atoms with Gasteiger partial charge in [-0.15, -0.1) is 0 Å². The molecule has 0 N–H and O–H groups in total. The molecule has 1 aliphatic heterocycles. The molecule has 132 valence electrons. The number of hydrogen-bond donors (Lipinski definition) is 0. The normalized spacial score (nSPS) is 18.2. The van der Waals surface area contributed by atoms with Gasteiger partial charge >= 0.3 is 12.1 Å². The number of rotatable bonds is 2. The average Bonchev–Trinajstić information content (AvgIpc) is 2.52. The van der Waals surface area contributed by atoms with Crippen LogP contribution in [0.1, 0.15) is 55.5 Å². The molecule has 1 heterocycles. The first kappa shape index (κ1) is 18.2. The van der Waals surface area contributed by atoms with Gasteiger partial charge in [-0.05, 0) is 51.3 Å². The van der Waals surface area contributed by atoms with E-state index in [1.807, 2.05) is 20.8 Å². The van der Waals surface area contributed by atoms with Crippen LogP contribution in [-0.4, -0.2) is 42.8 Å². The lowest BCUT2D eigenvalue weighted by molar-refractivity contribution is 0.0198. The Labute approximate surface area is 141 Å². The Morgan fingerprint density at radius 2 is 2.00 bits per heavy atom. The molecule has 1 aliphatic rings. The van der Waals surface area contributed by atoms with E-state index >= 15 is 0 Å². The van der Waals surface area contributed by atoms with Crippen molar-refractivity contribution in [3.8, 4) is 0 Å². The van der Waals surface area contributed by atoms with E-state index in [0.29, 0.717) is 13.1 Å². The first-order valence-corrected chi connectivity index (χ1v) is 8.07. The number of carbonyl (C=O) groups is 2. The number of amides is 1. The molecule has 0 aromatic heterocycles. The van der Waals surface area contributed by atoms with Crippen LogP contribution in [-0.2, 0) is 9.47 Å². The highest BCUT2D eigenvalue weighted by molar-refractivity contribution is 5.89. The molecule has 1 saturated heterocycles. The summed E-state index contributed by atoms with van der Waals surface area (Å²) in [6, 6.07) is 4.51. The first-order chi connectivity index (χ1) is 11.2. The van der Waals surface area contributed by atoms with Crippen molar-refractivity contribution in [2.75, 3.05) is 20.2 Å². The molecular formula is C18H24FNO4. The number of hydrogen-bond acceptors (Lipinski definition) is 4. The molecule has 0 saturated carbocycles. The zero-order valence-electron chi connectivity index (χ0n) is 14.6. The molecule has 1 amide bonds. The van der Waals surface area contributed by atoms with Crippen LogP contribution in [0.25, 0.3) is 0 Å². The fraction of sp³-hybridized carbons (Fsp3) is 0.556. The summed E-state index contributed by atoms with van der Waals surface area (Å²) in [6.45, 7) is 6.59. The Kier molecular flexibility index (Phi) is 5.47. The molecule has 1 aromatic rings. The minimum atomic E-state index is -0.696. The minimum Gasteiger partial charge on any atom is -0.465 e. The number of carbonyl (C=O) groups excluding carboxylic acids is 2. The van der Waals surface area contributed by atoms with Crippen LogP contribution >= 0.6 is 0 Å². The molecule has 24 heavy (non-hydrogen) atoms. The van der Waals surface area contributed by atoms with Gasteiger partial charge in [0.2, 0.25) is 0 Å². The number of nitrogens with zero attached hydrogens (tertiary/aromatic N) is 1. The van der Waals surface area contributed by atoms with Crippen LogP contribution in [0, 0.1) is 5.82 Å². The molecule has 5 nitrogen and oxygen atoms in total. The second-order valence-electron chi connectivity index (χ2n) is 7.00. The van der Waals surface area contributed by atoms with E-state index in [0.717, 1.165) is 18.4 Å². The van der Waals surface area contributed by atoms with Crippen molar-refractivity contribution in [2.24, 2.45) is 0 Å². The minimum absolute atomic E-state index is 0.0208. The third-order valence-corrected chi connectivity index (χ3v) is 3.94. The fourth-order valence-corrected chi connectivity index (χ4v) is 2.80. The number of benzene rings is 1. The van der Waals surface area contributed by atoms with Gasteiger partial charge in [-0.2, -0.15) is 0 Å². The second-order valence-corrected chi connectivity index (χ2v) is 7.00. The van der Waals surface area contributed by atoms with Gasteiger partial charge in [-0.25, -0.2) is 14.0 Å². The third-order valence-electron chi connectivity index (χ3n) is 3.94. The highest BCUT2D eigenvalue weighted by Crippen LogP contribution is 2.29. The standard InChI is InChI=1S/C18H24FNO4/c1-18(2,3)24-17(22)20-9-5-6-13(11-20)12-7-8-14(15(19)10-12)16(21)23-4/h7-8,10,13H,5-6,9,11H2,1-4H3. The Morgan fingerprint density at radius 3 is 2.58 bits per heavy atom. The summed E-state index contributed by atoms with van der Waals surface area (Å²) in [5, 5.41) is 0. The molecule has 0 aliphatic carbocycles. The Balaban J connectivity index is 2.11. The van der Waals surface area contributed by atoms with Crippen LogP contribution in [0.4, 0.5) is 9.18 Å². The van der Waals surface area contributed by atoms with Gasteiger partial charge in [0.25, 0.3) is 0 Å². The molecule has 6 heteroatoms. The predicted molar refractivity (Wildman–Crippen MR) is 87.5 cm³/mol. The number of esters is 1. The van der Waals surface area contributed by atoms with Crippen molar-refractivity contribution < 1.29 is 23.5 Å². The summed E-state index contributed by atoms with van der Waals surface area (Å²) < 4.78 is 24.1. The van der Waals surface area contributed by atoms with Gasteiger partial charge in [0.05, 0.1) is 12.7 Å². The molecule has 0 bridgehead atoms. The van der Waals surface area contributed by atoms with E-state index in [4.69, 9.17) is 4.74 Å². The lowest BCUT2D eigenvalue weighted by atomic mass is 9.90. The molecule has 1 fully saturated rings. The largest absolute Gasteiger partial charge is 0.465 e. The van der Waals surface area contributed by atoms with E-state index in [-0.39, 0.29) is 17.6 Å². The van der Waals surface area contributed by atoms with Crippen molar-refractivity contribution in [3.05, 3.63) is 35.1 Å². The number of likely N-dealkylation sites (tertiary alicyclic amines) is 1. The molecule has 1 unspecified atom stereocenters. The number of piperidine rings is 1. The highest BCUT2D eigenvalue weighted by atomic mass is 19.1. The highest BCUT2D eigenvalue weighted by Gasteiger charge is 2.29. The maximum atomic E-state index is 14.1. The fourth-order valence-electron chi connectivity index (χ4n) is 2.80. The predicted octanol–water partition coefficient (Wildman–Crippen LogP) is 3.73. The second kappa shape index (κ2) is 7.20. The van der Waals surface area contributed by atoms with Crippen molar-refractivity contribution in [3.63, 3.8) is 0 Å². The molecule has 1 atom stereocenters. The van der Waals surface area contributed by atoms with Crippen molar-refractivity contribution >= 4 is 12.1 Å². The summed E-state index contributed by atoms with van der Waals surface area (Å²) in [4.78, 5) is 25.3. The van der Waals surface area contributed by atoms with Gasteiger partial charge in [-0.3, -0.25) is 0 Å². The van der Waals surface area contributed by atoms with Crippen molar-refractivity contribution in [1.29, 1.82) is 0 Å². The van der Waals surface area contributed by atoms with Gasteiger partial charge in [0.1, 0.15) is 11.4 Å². The summed E-state index contributed by atoms with van der Waals surface area (Å²) in [5.41, 5.74) is 0.146.